The Morgan fingerprint density at radius 1 is 1.20 bits per heavy atom. The SMILES string of the molecule is CCC(N(CC)CC)C(N)(CC)c1cccc(OC)c1. The molecular weight excluding hydrogens is 248 g/mol. The Kier molecular flexibility index (Phi) is 6.50. The molecule has 1 rings (SSSR count). The Labute approximate surface area is 124 Å². The van der Waals surface area contributed by atoms with Crippen molar-refractivity contribution in [2.75, 3.05) is 20.2 Å². The second-order valence-electron chi connectivity index (χ2n) is 5.27. The quantitative estimate of drug-likeness (QED) is 0.792. The van der Waals surface area contributed by atoms with Crippen LogP contribution >= 0.6 is 0 Å². The van der Waals surface area contributed by atoms with Crippen LogP contribution in [0.15, 0.2) is 24.3 Å². The van der Waals surface area contributed by atoms with Gasteiger partial charge in [-0.25, -0.2) is 0 Å². The first-order valence-electron chi connectivity index (χ1n) is 7.74. The fourth-order valence-electron chi connectivity index (χ4n) is 3.16. The monoisotopic (exact) mass is 278 g/mol. The number of benzene rings is 1. The van der Waals surface area contributed by atoms with Gasteiger partial charge in [0.15, 0.2) is 0 Å². The van der Waals surface area contributed by atoms with E-state index in [0.29, 0.717) is 6.04 Å². The highest BCUT2D eigenvalue weighted by Crippen LogP contribution is 2.33. The molecule has 3 heteroatoms. The number of hydrogen-bond donors (Lipinski definition) is 1. The molecule has 2 N–H and O–H groups in total. The molecule has 0 aliphatic rings. The topological polar surface area (TPSA) is 38.5 Å². The van der Waals surface area contributed by atoms with Gasteiger partial charge in [0.1, 0.15) is 5.75 Å². The summed E-state index contributed by atoms with van der Waals surface area (Å²) in [6.45, 7) is 10.9. The van der Waals surface area contributed by atoms with Gasteiger partial charge in [0.2, 0.25) is 0 Å². The summed E-state index contributed by atoms with van der Waals surface area (Å²) in [6, 6.07) is 8.54. The van der Waals surface area contributed by atoms with Crippen molar-refractivity contribution in [2.24, 2.45) is 5.73 Å². The number of nitrogens with two attached hydrogens (primary N) is 1. The lowest BCUT2D eigenvalue weighted by Gasteiger charge is -2.43. The molecule has 3 nitrogen and oxygen atoms in total. The van der Waals surface area contributed by atoms with Crippen LogP contribution in [-0.2, 0) is 5.54 Å². The van der Waals surface area contributed by atoms with E-state index in [1.807, 2.05) is 12.1 Å². The second-order valence-corrected chi connectivity index (χ2v) is 5.27. The number of rotatable bonds is 8. The van der Waals surface area contributed by atoms with Crippen molar-refractivity contribution < 1.29 is 4.74 Å². The zero-order valence-electron chi connectivity index (χ0n) is 13.6. The fraction of sp³-hybridized carbons (Fsp3) is 0.647. The van der Waals surface area contributed by atoms with Gasteiger partial charge in [0.25, 0.3) is 0 Å². The molecule has 114 valence electrons. The summed E-state index contributed by atoms with van der Waals surface area (Å²) in [5, 5.41) is 0. The summed E-state index contributed by atoms with van der Waals surface area (Å²) >= 11 is 0. The van der Waals surface area contributed by atoms with Gasteiger partial charge < -0.3 is 10.5 Å². The number of hydrogen-bond acceptors (Lipinski definition) is 3. The lowest BCUT2D eigenvalue weighted by molar-refractivity contribution is 0.121. The van der Waals surface area contributed by atoms with Gasteiger partial charge in [-0.1, -0.05) is 39.8 Å². The maximum absolute atomic E-state index is 6.85. The van der Waals surface area contributed by atoms with Crippen LogP contribution in [0.1, 0.15) is 46.1 Å². The van der Waals surface area contributed by atoms with Crippen molar-refractivity contribution in [3.8, 4) is 5.75 Å². The molecule has 1 aromatic rings. The molecule has 0 aliphatic carbocycles. The smallest absolute Gasteiger partial charge is 0.119 e. The van der Waals surface area contributed by atoms with E-state index in [2.05, 4.69) is 44.7 Å². The molecule has 0 bridgehead atoms. The molecule has 0 saturated carbocycles. The lowest BCUT2D eigenvalue weighted by atomic mass is 9.79. The van der Waals surface area contributed by atoms with Gasteiger partial charge in [-0.05, 0) is 43.6 Å². The Hall–Kier alpha value is -1.06. The van der Waals surface area contributed by atoms with Gasteiger partial charge in [-0.3, -0.25) is 4.90 Å². The summed E-state index contributed by atoms with van der Waals surface area (Å²) in [4.78, 5) is 2.46. The highest BCUT2D eigenvalue weighted by Gasteiger charge is 2.36. The van der Waals surface area contributed by atoms with E-state index < -0.39 is 0 Å². The largest absolute Gasteiger partial charge is 0.497 e. The van der Waals surface area contributed by atoms with E-state index >= 15 is 0 Å². The molecule has 0 aliphatic heterocycles. The molecule has 20 heavy (non-hydrogen) atoms. The Balaban J connectivity index is 3.22. The molecule has 2 unspecified atom stereocenters. The minimum atomic E-state index is -0.338. The van der Waals surface area contributed by atoms with E-state index in [-0.39, 0.29) is 5.54 Å². The summed E-state index contributed by atoms with van der Waals surface area (Å²) in [7, 11) is 1.70. The summed E-state index contributed by atoms with van der Waals surface area (Å²) in [6.07, 6.45) is 1.96. The normalized spacial score (nSPS) is 15.9. The second kappa shape index (κ2) is 7.65. The van der Waals surface area contributed by atoms with Gasteiger partial charge in [-0.2, -0.15) is 0 Å². The minimum Gasteiger partial charge on any atom is -0.497 e. The van der Waals surface area contributed by atoms with Crippen LogP contribution in [0.25, 0.3) is 0 Å². The maximum atomic E-state index is 6.85. The third kappa shape index (κ3) is 3.33. The van der Waals surface area contributed by atoms with Gasteiger partial charge in [-0.15, -0.1) is 0 Å². The average Bonchev–Trinajstić information content (AvgIpc) is 2.51. The van der Waals surface area contributed by atoms with Gasteiger partial charge in [0, 0.05) is 6.04 Å². The van der Waals surface area contributed by atoms with E-state index in [4.69, 9.17) is 10.5 Å². The van der Waals surface area contributed by atoms with Crippen LogP contribution in [0.2, 0.25) is 0 Å². The van der Waals surface area contributed by atoms with Crippen LogP contribution in [0.5, 0.6) is 5.75 Å². The average molecular weight is 278 g/mol. The van der Waals surface area contributed by atoms with Crippen LogP contribution in [0, 0.1) is 0 Å². The standard InChI is InChI=1S/C17H30N2O/c1-6-16(19(8-3)9-4)17(18,7-2)14-11-10-12-15(13-14)20-5/h10-13,16H,6-9,18H2,1-5H3. The van der Waals surface area contributed by atoms with Crippen LogP contribution in [-0.4, -0.2) is 31.1 Å². The lowest BCUT2D eigenvalue weighted by Crippen LogP contribution is -2.55. The maximum Gasteiger partial charge on any atom is 0.119 e. The van der Waals surface area contributed by atoms with E-state index in [1.54, 1.807) is 7.11 Å². The highest BCUT2D eigenvalue weighted by atomic mass is 16.5. The third-order valence-electron chi connectivity index (χ3n) is 4.43. The minimum absolute atomic E-state index is 0.338. The fourth-order valence-corrected chi connectivity index (χ4v) is 3.16. The van der Waals surface area contributed by atoms with Crippen LogP contribution in [0.3, 0.4) is 0 Å². The van der Waals surface area contributed by atoms with Crippen LogP contribution < -0.4 is 10.5 Å². The number of nitrogens with zero attached hydrogens (tertiary/aromatic N) is 1. The van der Waals surface area contributed by atoms with Crippen molar-refractivity contribution in [1.82, 2.24) is 4.90 Å². The van der Waals surface area contributed by atoms with Gasteiger partial charge in [0.05, 0.1) is 12.6 Å². The highest BCUT2D eigenvalue weighted by molar-refractivity contribution is 5.34. The number of likely N-dealkylation sites (N-methyl/N-ethyl adjacent to an activating group) is 1. The number of methoxy groups -OCH3 is 1. The predicted octanol–water partition coefficient (Wildman–Crippen LogP) is 3.38. The first-order chi connectivity index (χ1) is 9.57. The Morgan fingerprint density at radius 3 is 2.30 bits per heavy atom. The molecule has 0 amide bonds. The zero-order chi connectivity index (χ0) is 15.2. The van der Waals surface area contributed by atoms with Crippen molar-refractivity contribution in [3.63, 3.8) is 0 Å². The molecule has 0 aromatic heterocycles. The van der Waals surface area contributed by atoms with Crippen LogP contribution in [0.4, 0.5) is 0 Å². The summed E-state index contributed by atoms with van der Waals surface area (Å²) < 4.78 is 5.35. The Morgan fingerprint density at radius 2 is 1.85 bits per heavy atom. The third-order valence-corrected chi connectivity index (χ3v) is 4.43. The van der Waals surface area contributed by atoms with E-state index in [9.17, 15) is 0 Å². The zero-order valence-corrected chi connectivity index (χ0v) is 13.6. The molecule has 0 fully saturated rings. The molecule has 1 aromatic carbocycles. The van der Waals surface area contributed by atoms with E-state index in [0.717, 1.165) is 37.2 Å². The molecule has 0 saturated heterocycles. The van der Waals surface area contributed by atoms with Crippen molar-refractivity contribution in [1.29, 1.82) is 0 Å². The summed E-state index contributed by atoms with van der Waals surface area (Å²) in [5.41, 5.74) is 7.68. The van der Waals surface area contributed by atoms with Crippen molar-refractivity contribution in [2.45, 2.75) is 52.1 Å². The molecule has 0 radical (unpaired) electrons. The number of ether oxygens (including phenoxy) is 1. The Bertz CT molecular complexity index is 404. The molecule has 0 heterocycles. The predicted molar refractivity (Wildman–Crippen MR) is 86.2 cm³/mol. The van der Waals surface area contributed by atoms with E-state index in [1.165, 1.54) is 0 Å². The molecule has 2 atom stereocenters. The van der Waals surface area contributed by atoms with Gasteiger partial charge >= 0.3 is 0 Å². The first-order valence-corrected chi connectivity index (χ1v) is 7.74. The molecular formula is C17H30N2O. The van der Waals surface area contributed by atoms with Crippen molar-refractivity contribution in [3.05, 3.63) is 29.8 Å². The molecule has 0 spiro atoms. The first kappa shape index (κ1) is 17.0. The van der Waals surface area contributed by atoms with Crippen molar-refractivity contribution >= 4 is 0 Å². The summed E-state index contributed by atoms with van der Waals surface area (Å²) in [5.74, 6) is 0.875.